The Kier molecular flexibility index (Phi) is 5.17. The minimum atomic E-state index is -0.575. The Balaban J connectivity index is 1.66. The van der Waals surface area contributed by atoms with Gasteiger partial charge in [0.25, 0.3) is 5.91 Å². The molecule has 0 radical (unpaired) electrons. The van der Waals surface area contributed by atoms with Crippen molar-refractivity contribution in [1.82, 2.24) is 15.5 Å². The topological polar surface area (TPSA) is 68.0 Å². The molecule has 0 aliphatic rings. The first kappa shape index (κ1) is 17.9. The van der Waals surface area contributed by atoms with Gasteiger partial charge in [-0.15, -0.1) is 10.2 Å². The summed E-state index contributed by atoms with van der Waals surface area (Å²) in [6.07, 6.45) is 0. The number of aromatic nitrogens is 2. The number of carbonyl (C=O) groups is 1. The van der Waals surface area contributed by atoms with Gasteiger partial charge in [-0.05, 0) is 42.0 Å². The van der Waals surface area contributed by atoms with Gasteiger partial charge in [-0.1, -0.05) is 60.1 Å². The summed E-state index contributed by atoms with van der Waals surface area (Å²) in [7, 11) is 0. The Morgan fingerprint density at radius 3 is 2.18 bits per heavy atom. The third-order valence-corrected chi connectivity index (χ3v) is 4.48. The number of nitrogens with one attached hydrogen (secondary N) is 1. The van der Waals surface area contributed by atoms with Gasteiger partial charge in [0.15, 0.2) is 0 Å². The molecule has 1 aromatic heterocycles. The lowest BCUT2D eigenvalue weighted by atomic mass is 10.1. The minimum absolute atomic E-state index is 0.259. The molecule has 1 N–H and O–H groups in total. The SMILES string of the molecule is O=C(NC(c1ccccc1)c1nnc(-c2ccccc2)o1)c1ccc(Cl)cc1. The van der Waals surface area contributed by atoms with E-state index in [0.29, 0.717) is 22.4 Å². The molecule has 0 aliphatic carbocycles. The zero-order valence-electron chi connectivity index (χ0n) is 14.7. The largest absolute Gasteiger partial charge is 0.418 e. The highest BCUT2D eigenvalue weighted by atomic mass is 35.5. The summed E-state index contributed by atoms with van der Waals surface area (Å²) in [5, 5.41) is 11.9. The first-order valence-electron chi connectivity index (χ1n) is 8.71. The van der Waals surface area contributed by atoms with Gasteiger partial charge < -0.3 is 9.73 Å². The third kappa shape index (κ3) is 3.94. The zero-order valence-corrected chi connectivity index (χ0v) is 15.5. The maximum atomic E-state index is 12.7. The maximum Gasteiger partial charge on any atom is 0.252 e. The molecule has 0 saturated heterocycles. The molecule has 0 bridgehead atoms. The molecule has 0 spiro atoms. The van der Waals surface area contributed by atoms with Crippen LogP contribution in [-0.4, -0.2) is 16.1 Å². The van der Waals surface area contributed by atoms with E-state index < -0.39 is 6.04 Å². The second kappa shape index (κ2) is 8.06. The van der Waals surface area contributed by atoms with E-state index in [1.54, 1.807) is 24.3 Å². The second-order valence-corrected chi connectivity index (χ2v) is 6.57. The van der Waals surface area contributed by atoms with Crippen molar-refractivity contribution in [2.24, 2.45) is 0 Å². The van der Waals surface area contributed by atoms with E-state index in [1.807, 2.05) is 60.7 Å². The lowest BCUT2D eigenvalue weighted by Gasteiger charge is -2.15. The van der Waals surface area contributed by atoms with Gasteiger partial charge in [0.05, 0.1) is 0 Å². The molecular weight excluding hydrogens is 374 g/mol. The number of hydrogen-bond acceptors (Lipinski definition) is 4. The van der Waals surface area contributed by atoms with Crippen LogP contribution >= 0.6 is 11.6 Å². The molecule has 138 valence electrons. The predicted molar refractivity (Wildman–Crippen MR) is 107 cm³/mol. The molecular formula is C22H16ClN3O2. The lowest BCUT2D eigenvalue weighted by molar-refractivity contribution is 0.0938. The van der Waals surface area contributed by atoms with Crippen LogP contribution in [0.3, 0.4) is 0 Å². The highest BCUT2D eigenvalue weighted by Crippen LogP contribution is 2.25. The summed E-state index contributed by atoms with van der Waals surface area (Å²) in [5.74, 6) is 0.453. The molecule has 0 fully saturated rings. The quantitative estimate of drug-likeness (QED) is 0.526. The molecule has 28 heavy (non-hydrogen) atoms. The monoisotopic (exact) mass is 389 g/mol. The third-order valence-electron chi connectivity index (χ3n) is 4.22. The summed E-state index contributed by atoms with van der Waals surface area (Å²) in [6, 6.07) is 25.1. The van der Waals surface area contributed by atoms with Crippen molar-refractivity contribution < 1.29 is 9.21 Å². The van der Waals surface area contributed by atoms with Crippen molar-refractivity contribution in [3.8, 4) is 11.5 Å². The van der Waals surface area contributed by atoms with Crippen LogP contribution in [0, 0.1) is 0 Å². The summed E-state index contributed by atoms with van der Waals surface area (Å²) in [6.45, 7) is 0. The van der Waals surface area contributed by atoms with E-state index in [9.17, 15) is 4.79 Å². The summed E-state index contributed by atoms with van der Waals surface area (Å²) in [5.41, 5.74) is 2.15. The van der Waals surface area contributed by atoms with Crippen molar-refractivity contribution in [3.05, 3.63) is 107 Å². The van der Waals surface area contributed by atoms with Crippen molar-refractivity contribution in [2.75, 3.05) is 0 Å². The van der Waals surface area contributed by atoms with Crippen LogP contribution in [0.2, 0.25) is 5.02 Å². The molecule has 0 aliphatic heterocycles. The summed E-state index contributed by atoms with van der Waals surface area (Å²) in [4.78, 5) is 12.7. The van der Waals surface area contributed by atoms with Gasteiger partial charge >= 0.3 is 0 Å². The van der Waals surface area contributed by atoms with Gasteiger partial charge in [0, 0.05) is 16.1 Å². The average Bonchev–Trinajstić information content (AvgIpc) is 3.23. The normalized spacial score (nSPS) is 11.8. The lowest BCUT2D eigenvalue weighted by Crippen LogP contribution is -2.29. The van der Waals surface area contributed by atoms with E-state index in [4.69, 9.17) is 16.0 Å². The second-order valence-electron chi connectivity index (χ2n) is 6.14. The number of benzene rings is 3. The molecule has 4 aromatic rings. The van der Waals surface area contributed by atoms with E-state index in [0.717, 1.165) is 11.1 Å². The number of hydrogen-bond donors (Lipinski definition) is 1. The van der Waals surface area contributed by atoms with Crippen molar-refractivity contribution in [2.45, 2.75) is 6.04 Å². The van der Waals surface area contributed by atoms with Crippen LogP contribution in [0.1, 0.15) is 27.9 Å². The van der Waals surface area contributed by atoms with E-state index in [-0.39, 0.29) is 5.91 Å². The van der Waals surface area contributed by atoms with Crippen LogP contribution in [0.15, 0.2) is 89.3 Å². The Bertz CT molecular complexity index is 1060. The smallest absolute Gasteiger partial charge is 0.252 e. The Labute approximate surface area is 167 Å². The Morgan fingerprint density at radius 2 is 1.50 bits per heavy atom. The zero-order chi connectivity index (χ0) is 19.3. The first-order valence-corrected chi connectivity index (χ1v) is 9.09. The van der Waals surface area contributed by atoms with Gasteiger partial charge in [-0.3, -0.25) is 4.79 Å². The highest BCUT2D eigenvalue weighted by molar-refractivity contribution is 6.30. The average molecular weight is 390 g/mol. The van der Waals surface area contributed by atoms with Crippen molar-refractivity contribution in [1.29, 1.82) is 0 Å². The fourth-order valence-electron chi connectivity index (χ4n) is 2.80. The number of nitrogens with zero attached hydrogens (tertiary/aromatic N) is 2. The number of carbonyl (C=O) groups excluding carboxylic acids is 1. The van der Waals surface area contributed by atoms with Gasteiger partial charge in [0.2, 0.25) is 11.8 Å². The molecule has 0 saturated carbocycles. The van der Waals surface area contributed by atoms with Gasteiger partial charge in [-0.2, -0.15) is 0 Å². The van der Waals surface area contributed by atoms with E-state index in [1.165, 1.54) is 0 Å². The Hall–Kier alpha value is -3.44. The molecule has 1 heterocycles. The van der Waals surface area contributed by atoms with Crippen LogP contribution in [0.4, 0.5) is 0 Å². The van der Waals surface area contributed by atoms with Crippen LogP contribution in [0.25, 0.3) is 11.5 Å². The number of amides is 1. The summed E-state index contributed by atoms with van der Waals surface area (Å²) >= 11 is 5.91. The Morgan fingerprint density at radius 1 is 0.857 bits per heavy atom. The minimum Gasteiger partial charge on any atom is -0.418 e. The first-order chi connectivity index (χ1) is 13.7. The van der Waals surface area contributed by atoms with Crippen LogP contribution < -0.4 is 5.32 Å². The van der Waals surface area contributed by atoms with Gasteiger partial charge in [0.1, 0.15) is 6.04 Å². The van der Waals surface area contributed by atoms with Crippen molar-refractivity contribution in [3.63, 3.8) is 0 Å². The molecule has 3 aromatic carbocycles. The molecule has 1 atom stereocenters. The number of rotatable bonds is 5. The fourth-order valence-corrected chi connectivity index (χ4v) is 2.92. The van der Waals surface area contributed by atoms with Gasteiger partial charge in [-0.25, -0.2) is 0 Å². The van der Waals surface area contributed by atoms with Crippen LogP contribution in [0.5, 0.6) is 0 Å². The van der Waals surface area contributed by atoms with Crippen molar-refractivity contribution >= 4 is 17.5 Å². The fraction of sp³-hybridized carbons (Fsp3) is 0.0455. The molecule has 1 amide bonds. The molecule has 6 heteroatoms. The maximum absolute atomic E-state index is 12.7. The van der Waals surface area contributed by atoms with Crippen LogP contribution in [-0.2, 0) is 0 Å². The summed E-state index contributed by atoms with van der Waals surface area (Å²) < 4.78 is 5.88. The molecule has 4 rings (SSSR count). The number of halogens is 1. The molecule has 5 nitrogen and oxygen atoms in total. The van der Waals surface area contributed by atoms with E-state index >= 15 is 0 Å². The molecule has 1 unspecified atom stereocenters. The predicted octanol–water partition coefficient (Wildman–Crippen LogP) is 4.91. The van der Waals surface area contributed by atoms with E-state index in [2.05, 4.69) is 15.5 Å². The standard InChI is InChI=1S/C22H16ClN3O2/c23-18-13-11-16(12-14-18)20(27)24-19(15-7-3-1-4-8-15)22-26-25-21(28-22)17-9-5-2-6-10-17/h1-14,19H,(H,24,27). The highest BCUT2D eigenvalue weighted by Gasteiger charge is 2.24.